The highest BCUT2D eigenvalue weighted by Crippen LogP contribution is 2.17. The van der Waals surface area contributed by atoms with E-state index in [0.717, 1.165) is 29.6 Å². The first-order chi connectivity index (χ1) is 12.0. The number of nitrogens with zero attached hydrogens (tertiary/aromatic N) is 4. The normalized spacial score (nSPS) is 13.1. The minimum atomic E-state index is 0.206. The Balaban J connectivity index is 2.04. The van der Waals surface area contributed by atoms with Gasteiger partial charge >= 0.3 is 0 Å². The van der Waals surface area contributed by atoms with Gasteiger partial charge in [0.05, 0.1) is 18.8 Å². The molecule has 136 valence electrons. The molecule has 0 saturated carbocycles. The van der Waals surface area contributed by atoms with Crippen molar-refractivity contribution in [2.45, 2.75) is 19.5 Å². The van der Waals surface area contributed by atoms with Crippen LogP contribution in [0.1, 0.15) is 24.1 Å². The number of rotatable bonds is 7. The number of benzene rings is 1. The van der Waals surface area contributed by atoms with Crippen LogP contribution in [0.25, 0.3) is 0 Å². The third-order valence-electron chi connectivity index (χ3n) is 3.91. The fraction of sp³-hybridized carbons (Fsp3) is 0.444. The third-order valence-corrected chi connectivity index (χ3v) is 4.27. The topological polar surface area (TPSA) is 57.5 Å². The van der Waals surface area contributed by atoms with Gasteiger partial charge in [-0.25, -0.2) is 4.99 Å². The van der Waals surface area contributed by atoms with Crippen molar-refractivity contribution in [2.24, 2.45) is 12.0 Å². The molecule has 7 heteroatoms. The smallest absolute Gasteiger partial charge is 0.191 e. The van der Waals surface area contributed by atoms with Crippen molar-refractivity contribution in [1.29, 1.82) is 0 Å². The van der Waals surface area contributed by atoms with Gasteiger partial charge < -0.3 is 15.5 Å². The van der Waals surface area contributed by atoms with E-state index < -0.39 is 0 Å². The molecule has 2 rings (SSSR count). The number of aryl methyl sites for hydroxylation is 1. The number of likely N-dealkylation sites (N-methyl/N-ethyl adjacent to an activating group) is 1. The zero-order valence-electron chi connectivity index (χ0n) is 15.3. The quantitative estimate of drug-likeness (QED) is 0.586. The SMILES string of the molecule is CCNC(=NCc1ccccc1Cl)NCC(c1cnn(C)c1)N(C)C. The molecule has 1 heterocycles. The van der Waals surface area contributed by atoms with Crippen LogP contribution in [0.4, 0.5) is 0 Å². The van der Waals surface area contributed by atoms with Gasteiger partial charge in [-0.2, -0.15) is 5.10 Å². The molecular formula is C18H27ClN6. The molecule has 0 bridgehead atoms. The second-order valence-corrected chi connectivity index (χ2v) is 6.50. The Morgan fingerprint density at radius 3 is 2.68 bits per heavy atom. The number of guanidine groups is 1. The Kier molecular flexibility index (Phi) is 7.28. The van der Waals surface area contributed by atoms with Gasteiger partial charge in [0.1, 0.15) is 0 Å². The van der Waals surface area contributed by atoms with E-state index in [-0.39, 0.29) is 6.04 Å². The summed E-state index contributed by atoms with van der Waals surface area (Å²) in [6.07, 6.45) is 3.94. The largest absolute Gasteiger partial charge is 0.357 e. The fourth-order valence-corrected chi connectivity index (χ4v) is 2.73. The van der Waals surface area contributed by atoms with Crippen LogP contribution in [-0.2, 0) is 13.6 Å². The Morgan fingerprint density at radius 2 is 2.08 bits per heavy atom. The van der Waals surface area contributed by atoms with E-state index in [0.29, 0.717) is 6.54 Å². The summed E-state index contributed by atoms with van der Waals surface area (Å²) in [6.45, 7) is 4.12. The fourth-order valence-electron chi connectivity index (χ4n) is 2.54. The van der Waals surface area contributed by atoms with E-state index in [9.17, 15) is 0 Å². The minimum absolute atomic E-state index is 0.206. The summed E-state index contributed by atoms with van der Waals surface area (Å²) in [5, 5.41) is 11.7. The molecule has 0 aliphatic rings. The lowest BCUT2D eigenvalue weighted by molar-refractivity contribution is 0.298. The first-order valence-corrected chi connectivity index (χ1v) is 8.79. The summed E-state index contributed by atoms with van der Waals surface area (Å²) < 4.78 is 1.82. The highest BCUT2D eigenvalue weighted by atomic mass is 35.5. The van der Waals surface area contributed by atoms with Crippen LogP contribution in [0.15, 0.2) is 41.7 Å². The van der Waals surface area contributed by atoms with Gasteiger partial charge in [0.15, 0.2) is 5.96 Å². The second-order valence-electron chi connectivity index (χ2n) is 6.09. The van der Waals surface area contributed by atoms with Gasteiger partial charge in [-0.1, -0.05) is 29.8 Å². The van der Waals surface area contributed by atoms with Gasteiger partial charge in [0, 0.05) is 36.9 Å². The summed E-state index contributed by atoms with van der Waals surface area (Å²) in [4.78, 5) is 6.81. The summed E-state index contributed by atoms with van der Waals surface area (Å²) in [5.41, 5.74) is 2.18. The molecule has 1 unspecified atom stereocenters. The number of hydrogen-bond acceptors (Lipinski definition) is 3. The van der Waals surface area contributed by atoms with E-state index in [1.807, 2.05) is 48.4 Å². The van der Waals surface area contributed by atoms with Gasteiger partial charge in [0.2, 0.25) is 0 Å². The zero-order chi connectivity index (χ0) is 18.2. The Bertz CT molecular complexity index is 694. The average Bonchev–Trinajstić information content (AvgIpc) is 2.99. The Morgan fingerprint density at radius 1 is 1.32 bits per heavy atom. The minimum Gasteiger partial charge on any atom is -0.357 e. The molecule has 0 aliphatic heterocycles. The lowest BCUT2D eigenvalue weighted by Crippen LogP contribution is -2.41. The molecule has 1 aromatic heterocycles. The van der Waals surface area contributed by atoms with Crippen LogP contribution in [0.3, 0.4) is 0 Å². The molecule has 6 nitrogen and oxygen atoms in total. The molecule has 1 aromatic carbocycles. The van der Waals surface area contributed by atoms with Crippen LogP contribution >= 0.6 is 11.6 Å². The number of halogens is 1. The molecule has 0 radical (unpaired) electrons. The highest BCUT2D eigenvalue weighted by Gasteiger charge is 2.16. The van der Waals surface area contributed by atoms with Crippen LogP contribution < -0.4 is 10.6 Å². The predicted octanol–water partition coefficient (Wildman–Crippen LogP) is 2.43. The van der Waals surface area contributed by atoms with Crippen molar-refractivity contribution in [1.82, 2.24) is 25.3 Å². The molecule has 2 N–H and O–H groups in total. The maximum absolute atomic E-state index is 6.21. The van der Waals surface area contributed by atoms with Crippen molar-refractivity contribution in [3.8, 4) is 0 Å². The number of hydrogen-bond donors (Lipinski definition) is 2. The van der Waals surface area contributed by atoms with Gasteiger partial charge in [0.25, 0.3) is 0 Å². The maximum Gasteiger partial charge on any atom is 0.191 e. The van der Waals surface area contributed by atoms with Crippen molar-refractivity contribution in [3.63, 3.8) is 0 Å². The Hall–Kier alpha value is -2.05. The van der Waals surface area contributed by atoms with Crippen LogP contribution in [-0.4, -0.2) is 47.8 Å². The second kappa shape index (κ2) is 9.44. The summed E-state index contributed by atoms with van der Waals surface area (Å²) in [5.74, 6) is 0.776. The van der Waals surface area contributed by atoms with Gasteiger partial charge in [-0.3, -0.25) is 4.68 Å². The number of aliphatic imine (C=N–C) groups is 1. The zero-order valence-corrected chi connectivity index (χ0v) is 16.1. The standard InChI is InChI=1S/C18H27ClN6/c1-5-20-18(21-10-14-8-6-7-9-16(14)19)22-12-17(24(2)3)15-11-23-25(4)13-15/h6-9,11,13,17H,5,10,12H2,1-4H3,(H2,20,21,22). The van der Waals surface area contributed by atoms with Crippen molar-refractivity contribution in [2.75, 3.05) is 27.2 Å². The van der Waals surface area contributed by atoms with Crippen molar-refractivity contribution < 1.29 is 0 Å². The van der Waals surface area contributed by atoms with Crippen LogP contribution in [0, 0.1) is 0 Å². The van der Waals surface area contributed by atoms with E-state index in [1.54, 1.807) is 0 Å². The molecule has 0 spiro atoms. The van der Waals surface area contributed by atoms with E-state index in [4.69, 9.17) is 11.6 Å². The molecule has 0 aliphatic carbocycles. The lowest BCUT2D eigenvalue weighted by Gasteiger charge is -2.24. The molecule has 0 saturated heterocycles. The monoisotopic (exact) mass is 362 g/mol. The van der Waals surface area contributed by atoms with Crippen molar-refractivity contribution in [3.05, 3.63) is 52.8 Å². The molecule has 2 aromatic rings. The van der Waals surface area contributed by atoms with Crippen molar-refractivity contribution >= 4 is 17.6 Å². The van der Waals surface area contributed by atoms with Gasteiger partial charge in [-0.15, -0.1) is 0 Å². The molecule has 1 atom stereocenters. The number of aromatic nitrogens is 2. The maximum atomic E-state index is 6.21. The molecule has 0 fully saturated rings. The third kappa shape index (κ3) is 5.76. The Labute approximate surface area is 154 Å². The van der Waals surface area contributed by atoms with Gasteiger partial charge in [-0.05, 0) is 32.6 Å². The lowest BCUT2D eigenvalue weighted by atomic mass is 10.1. The first-order valence-electron chi connectivity index (χ1n) is 8.41. The van der Waals surface area contributed by atoms with E-state index in [1.165, 1.54) is 5.56 Å². The number of nitrogens with one attached hydrogen (secondary N) is 2. The van der Waals surface area contributed by atoms with E-state index in [2.05, 4.69) is 46.6 Å². The van der Waals surface area contributed by atoms with Crippen LogP contribution in [0.5, 0.6) is 0 Å². The van der Waals surface area contributed by atoms with E-state index >= 15 is 0 Å². The summed E-state index contributed by atoms with van der Waals surface area (Å²) in [6, 6.07) is 7.99. The average molecular weight is 363 g/mol. The summed E-state index contributed by atoms with van der Waals surface area (Å²) >= 11 is 6.21. The highest BCUT2D eigenvalue weighted by molar-refractivity contribution is 6.31. The molecule has 0 amide bonds. The predicted molar refractivity (Wildman–Crippen MR) is 104 cm³/mol. The molecular weight excluding hydrogens is 336 g/mol. The van der Waals surface area contributed by atoms with Crippen LogP contribution in [0.2, 0.25) is 5.02 Å². The summed E-state index contributed by atoms with van der Waals surface area (Å²) in [7, 11) is 6.05. The molecule has 25 heavy (non-hydrogen) atoms. The first kappa shape index (κ1) is 19.3.